The first-order valence-corrected chi connectivity index (χ1v) is 9.06. The quantitative estimate of drug-likeness (QED) is 0.580. The van der Waals surface area contributed by atoms with Gasteiger partial charge in [-0.25, -0.2) is 0 Å². The van der Waals surface area contributed by atoms with Crippen LogP contribution in [0.5, 0.6) is 0 Å². The monoisotopic (exact) mass is 386 g/mol. The van der Waals surface area contributed by atoms with Gasteiger partial charge in [0.25, 0.3) is 0 Å². The van der Waals surface area contributed by atoms with Crippen LogP contribution in [0.1, 0.15) is 26.3 Å². The summed E-state index contributed by atoms with van der Waals surface area (Å²) in [5.74, 6) is 1.67. The molecule has 1 unspecified atom stereocenters. The van der Waals surface area contributed by atoms with Crippen molar-refractivity contribution in [2.75, 3.05) is 12.3 Å². The van der Waals surface area contributed by atoms with Crippen LogP contribution in [0.4, 0.5) is 4.79 Å². The number of aliphatic imine (C=N–C) groups is 1. The van der Waals surface area contributed by atoms with Crippen LogP contribution in [0.2, 0.25) is 0 Å². The minimum atomic E-state index is -0.500. The molecule has 0 aromatic heterocycles. The molecule has 0 spiro atoms. The summed E-state index contributed by atoms with van der Waals surface area (Å²) in [5.41, 5.74) is 0.766. The van der Waals surface area contributed by atoms with Crippen molar-refractivity contribution in [3.8, 4) is 0 Å². The summed E-state index contributed by atoms with van der Waals surface area (Å²) in [6.07, 6.45) is -0.409. The molecule has 6 heteroatoms. The van der Waals surface area contributed by atoms with Crippen molar-refractivity contribution < 1.29 is 9.53 Å². The Morgan fingerprint density at radius 3 is 2.68 bits per heavy atom. The molecule has 0 heterocycles. The zero-order chi connectivity index (χ0) is 16.4. The van der Waals surface area contributed by atoms with Crippen LogP contribution in [-0.4, -0.2) is 50.3 Å². The van der Waals surface area contributed by atoms with Crippen LogP contribution in [0.25, 0.3) is 0 Å². The van der Waals surface area contributed by atoms with E-state index in [0.717, 1.165) is 11.5 Å². The van der Waals surface area contributed by atoms with E-state index in [-0.39, 0.29) is 6.04 Å². The Bertz CT molecular complexity index is 511. The van der Waals surface area contributed by atoms with Crippen LogP contribution >= 0.6 is 11.8 Å². The molecule has 0 radical (unpaired) electrons. The third-order valence-corrected chi connectivity index (χ3v) is 3.97. The van der Waals surface area contributed by atoms with Gasteiger partial charge in [-0.1, -0.05) is 0 Å². The fourth-order valence-corrected chi connectivity index (χ4v) is 2.83. The molecule has 4 nitrogen and oxygen atoms in total. The molecule has 0 aliphatic heterocycles. The van der Waals surface area contributed by atoms with Gasteiger partial charge in [-0.3, -0.25) is 0 Å². The van der Waals surface area contributed by atoms with Crippen molar-refractivity contribution in [2.24, 2.45) is 4.99 Å². The molecule has 120 valence electrons. The Morgan fingerprint density at radius 2 is 2.09 bits per heavy atom. The number of ether oxygens (including phenoxy) is 1. The van der Waals surface area contributed by atoms with E-state index >= 15 is 0 Å². The fourth-order valence-electron chi connectivity index (χ4n) is 1.65. The summed E-state index contributed by atoms with van der Waals surface area (Å²) in [6.45, 7) is 6.02. The maximum atomic E-state index is 11.9. The van der Waals surface area contributed by atoms with Crippen molar-refractivity contribution >= 4 is 38.1 Å². The van der Waals surface area contributed by atoms with E-state index in [4.69, 9.17) is 4.74 Å². The summed E-state index contributed by atoms with van der Waals surface area (Å²) >= 11 is 4.36. The average Bonchev–Trinajstić information content (AvgIpc) is 2.43. The fraction of sp³-hybridized carbons (Fsp3) is 0.500. The number of rotatable bonds is 7. The van der Waals surface area contributed by atoms with Crippen LogP contribution in [0, 0.1) is 0 Å². The third-order valence-electron chi connectivity index (χ3n) is 2.53. The summed E-state index contributed by atoms with van der Waals surface area (Å²) < 4.78 is 7.91. The third kappa shape index (κ3) is 9.06. The van der Waals surface area contributed by atoms with Gasteiger partial charge >= 0.3 is 144 Å². The summed E-state index contributed by atoms with van der Waals surface area (Å²) in [6, 6.07) is 10.2. The van der Waals surface area contributed by atoms with E-state index < -0.39 is 11.7 Å². The predicted molar refractivity (Wildman–Crippen MR) is 93.8 cm³/mol. The van der Waals surface area contributed by atoms with E-state index in [1.165, 1.54) is 5.56 Å². The summed E-state index contributed by atoms with van der Waals surface area (Å²) in [7, 11) is 0. The molecule has 0 fully saturated rings. The predicted octanol–water partition coefficient (Wildman–Crippen LogP) is 2.89. The first-order chi connectivity index (χ1) is 10.4. The number of benzene rings is 1. The van der Waals surface area contributed by atoms with Gasteiger partial charge < -0.3 is 0 Å². The Morgan fingerprint density at radius 1 is 1.41 bits per heavy atom. The van der Waals surface area contributed by atoms with E-state index in [9.17, 15) is 4.79 Å². The molecule has 1 amide bonds. The molecule has 1 aromatic carbocycles. The standard InChI is InChI=1S/C16H22N2O2SSe/c1-16(2,3)20-15(19)18-14(9-17-12-22)11-21-10-13-7-5-4-6-8-13/h4-8,14H,9-11H2,1-3H3,(H,18,19). The molecule has 0 aliphatic carbocycles. The molecule has 0 aliphatic rings. The number of carbonyl (C=O) groups is 1. The Balaban J connectivity index is 2.46. The first-order valence-electron chi connectivity index (χ1n) is 7.05. The van der Waals surface area contributed by atoms with E-state index in [0.29, 0.717) is 6.54 Å². The van der Waals surface area contributed by atoms with Gasteiger partial charge in [-0.15, -0.1) is 0 Å². The van der Waals surface area contributed by atoms with Crippen molar-refractivity contribution in [1.82, 2.24) is 5.32 Å². The van der Waals surface area contributed by atoms with Crippen molar-refractivity contribution in [3.63, 3.8) is 0 Å². The van der Waals surface area contributed by atoms with Gasteiger partial charge in [-0.05, 0) is 0 Å². The topological polar surface area (TPSA) is 50.7 Å². The molecular formula is C16H22N2O2SSe. The van der Waals surface area contributed by atoms with Crippen molar-refractivity contribution in [2.45, 2.75) is 38.2 Å². The number of hydrogen-bond donors (Lipinski definition) is 1. The van der Waals surface area contributed by atoms with Crippen LogP contribution in [0.15, 0.2) is 35.3 Å². The van der Waals surface area contributed by atoms with Crippen LogP contribution in [0.3, 0.4) is 0 Å². The average molecular weight is 385 g/mol. The number of nitrogens with zero attached hydrogens (tertiary/aromatic N) is 1. The number of nitrogens with one attached hydrogen (secondary N) is 1. The molecule has 0 bridgehead atoms. The van der Waals surface area contributed by atoms with Gasteiger partial charge in [-0.2, -0.15) is 0 Å². The number of amides is 1. The number of hydrogen-bond acceptors (Lipinski definition) is 4. The first kappa shape index (κ1) is 19.0. The normalized spacial score (nSPS) is 12.1. The molecule has 1 aromatic rings. The van der Waals surface area contributed by atoms with Crippen LogP contribution < -0.4 is 5.32 Å². The van der Waals surface area contributed by atoms with Crippen molar-refractivity contribution in [1.29, 1.82) is 0 Å². The van der Waals surface area contributed by atoms with E-state index in [1.807, 2.05) is 39.0 Å². The maximum absolute atomic E-state index is 11.9. The van der Waals surface area contributed by atoms with E-state index in [1.54, 1.807) is 11.8 Å². The van der Waals surface area contributed by atoms with Gasteiger partial charge in [0.05, 0.1) is 0 Å². The van der Waals surface area contributed by atoms with Gasteiger partial charge in [0.2, 0.25) is 0 Å². The van der Waals surface area contributed by atoms with Gasteiger partial charge in [0.15, 0.2) is 0 Å². The zero-order valence-corrected chi connectivity index (χ0v) is 15.7. The molecule has 0 saturated heterocycles. The molecule has 1 rings (SSSR count). The Labute approximate surface area is 144 Å². The Kier molecular flexibility index (Phi) is 8.51. The zero-order valence-electron chi connectivity index (χ0n) is 13.2. The summed E-state index contributed by atoms with van der Waals surface area (Å²) in [4.78, 5) is 15.9. The van der Waals surface area contributed by atoms with E-state index in [2.05, 4.69) is 42.7 Å². The van der Waals surface area contributed by atoms with Gasteiger partial charge in [0.1, 0.15) is 0 Å². The Hall–Kier alpha value is -1.06. The molecular weight excluding hydrogens is 363 g/mol. The summed E-state index contributed by atoms with van der Waals surface area (Å²) in [5, 5.41) is 2.87. The molecule has 0 saturated carbocycles. The molecule has 1 N–H and O–H groups in total. The molecule has 22 heavy (non-hydrogen) atoms. The number of carbonyl (C=O) groups excluding carboxylic acids is 1. The van der Waals surface area contributed by atoms with Crippen LogP contribution in [-0.2, 0) is 10.5 Å². The second-order valence-corrected chi connectivity index (χ2v) is 7.19. The minimum absolute atomic E-state index is 0.0792. The van der Waals surface area contributed by atoms with Gasteiger partial charge in [0, 0.05) is 0 Å². The second-order valence-electron chi connectivity index (χ2n) is 5.78. The SMILES string of the molecule is CC(C)(C)OC(=O)NC(CN=C=[Se])CSCc1ccccc1. The van der Waals surface area contributed by atoms with Crippen molar-refractivity contribution in [3.05, 3.63) is 35.9 Å². The second kappa shape index (κ2) is 9.86. The molecule has 1 atom stereocenters. The number of alkyl carbamates (subject to hydrolysis) is 1. The number of thioether (sulfide) groups is 1.